The minimum atomic E-state index is -0.786. The summed E-state index contributed by atoms with van der Waals surface area (Å²) in [5, 5.41) is 5.37. The molecule has 1 unspecified atom stereocenters. The van der Waals surface area contributed by atoms with Crippen LogP contribution in [0.5, 0.6) is 0 Å². The van der Waals surface area contributed by atoms with E-state index < -0.39 is 18.2 Å². The molecule has 3 atom stereocenters. The zero-order valence-corrected chi connectivity index (χ0v) is 16.3. The highest BCUT2D eigenvalue weighted by Gasteiger charge is 2.27. The number of carbonyl (C=O) groups excluding carboxylic acids is 3. The third kappa shape index (κ3) is 7.02. The Kier molecular flexibility index (Phi) is 8.46. The number of amides is 2. The molecule has 6 heteroatoms. The highest BCUT2D eigenvalue weighted by molar-refractivity contribution is 5.87. The molecule has 1 aromatic carbocycles. The number of ether oxygens (including phenoxy) is 1. The molecule has 0 saturated carbocycles. The van der Waals surface area contributed by atoms with E-state index in [4.69, 9.17) is 4.74 Å². The summed E-state index contributed by atoms with van der Waals surface area (Å²) in [5.41, 5.74) is 0.861. The topological polar surface area (TPSA) is 84.5 Å². The molecule has 0 radical (unpaired) electrons. The Bertz CT molecular complexity index is 713. The van der Waals surface area contributed by atoms with Gasteiger partial charge < -0.3 is 20.2 Å². The Morgan fingerprint density at radius 2 is 1.93 bits per heavy atom. The second-order valence-electron chi connectivity index (χ2n) is 7.22. The van der Waals surface area contributed by atoms with Crippen molar-refractivity contribution in [3.8, 4) is 0 Å². The highest BCUT2D eigenvalue weighted by Crippen LogP contribution is 2.18. The van der Waals surface area contributed by atoms with Gasteiger partial charge in [-0.3, -0.25) is 4.79 Å². The molecule has 28 heavy (non-hydrogen) atoms. The number of allylic oxidation sites excluding steroid dienone is 4. The first kappa shape index (κ1) is 21.4. The van der Waals surface area contributed by atoms with Gasteiger partial charge in [0, 0.05) is 0 Å². The van der Waals surface area contributed by atoms with E-state index in [-0.39, 0.29) is 24.3 Å². The van der Waals surface area contributed by atoms with Crippen LogP contribution in [0.4, 0.5) is 4.79 Å². The summed E-state index contributed by atoms with van der Waals surface area (Å²) in [5.74, 6) is -0.293. The van der Waals surface area contributed by atoms with E-state index >= 15 is 0 Å². The van der Waals surface area contributed by atoms with Gasteiger partial charge in [0.05, 0.1) is 6.04 Å². The largest absolute Gasteiger partial charge is 0.445 e. The summed E-state index contributed by atoms with van der Waals surface area (Å²) in [7, 11) is 0. The van der Waals surface area contributed by atoms with Gasteiger partial charge in [-0.1, -0.05) is 68.5 Å². The number of alkyl carbamates (subject to hydrolysis) is 1. The Hall–Kier alpha value is -2.89. The monoisotopic (exact) mass is 384 g/mol. The SMILES string of the molecule is CC(C)[C@@H](C=O)NC(=O)[C@@H](CC1C=CC=CC1)NC(=O)OCc1ccccc1. The molecule has 150 valence electrons. The minimum Gasteiger partial charge on any atom is -0.445 e. The first-order chi connectivity index (χ1) is 13.5. The van der Waals surface area contributed by atoms with Gasteiger partial charge in [0.1, 0.15) is 18.9 Å². The van der Waals surface area contributed by atoms with Gasteiger partial charge in [-0.15, -0.1) is 0 Å². The van der Waals surface area contributed by atoms with E-state index in [0.29, 0.717) is 6.42 Å². The van der Waals surface area contributed by atoms with E-state index in [1.54, 1.807) is 0 Å². The van der Waals surface area contributed by atoms with Crippen molar-refractivity contribution in [2.75, 3.05) is 0 Å². The highest BCUT2D eigenvalue weighted by atomic mass is 16.5. The molecule has 1 aromatic rings. The summed E-state index contributed by atoms with van der Waals surface area (Å²) >= 11 is 0. The molecule has 2 amide bonds. The lowest BCUT2D eigenvalue weighted by atomic mass is 9.92. The molecule has 0 saturated heterocycles. The predicted octanol–water partition coefficient (Wildman–Crippen LogP) is 3.14. The Morgan fingerprint density at radius 3 is 2.54 bits per heavy atom. The van der Waals surface area contributed by atoms with Gasteiger partial charge in [-0.2, -0.15) is 0 Å². The minimum absolute atomic E-state index is 0.0374. The number of hydrogen-bond donors (Lipinski definition) is 2. The molecular formula is C22H28N2O4. The van der Waals surface area contributed by atoms with E-state index in [0.717, 1.165) is 18.3 Å². The standard InChI is InChI=1S/C22H28N2O4/c1-16(2)20(14-25)23-21(26)19(13-17-9-5-3-6-10-17)24-22(27)28-15-18-11-7-4-8-12-18/h3-9,11-12,14,16-17,19-20H,10,13,15H2,1-2H3,(H,23,26)(H,24,27)/t17?,19-,20-/m1/s1. The maximum atomic E-state index is 12.7. The van der Waals surface area contributed by atoms with Gasteiger partial charge in [-0.05, 0) is 30.2 Å². The van der Waals surface area contributed by atoms with Gasteiger partial charge in [0.25, 0.3) is 0 Å². The second kappa shape index (κ2) is 11.1. The summed E-state index contributed by atoms with van der Waals surface area (Å²) in [4.78, 5) is 36.2. The number of benzene rings is 1. The molecule has 1 aliphatic carbocycles. The smallest absolute Gasteiger partial charge is 0.408 e. The van der Waals surface area contributed by atoms with Crippen molar-refractivity contribution < 1.29 is 19.1 Å². The maximum absolute atomic E-state index is 12.7. The van der Waals surface area contributed by atoms with E-state index in [9.17, 15) is 14.4 Å². The van der Waals surface area contributed by atoms with E-state index in [1.807, 2.05) is 68.5 Å². The lowest BCUT2D eigenvalue weighted by Crippen LogP contribution is -2.52. The van der Waals surface area contributed by atoms with Crippen LogP contribution in [-0.2, 0) is 20.9 Å². The van der Waals surface area contributed by atoms with Gasteiger partial charge in [-0.25, -0.2) is 4.79 Å². The van der Waals surface area contributed by atoms with Crippen LogP contribution in [0.2, 0.25) is 0 Å². The maximum Gasteiger partial charge on any atom is 0.408 e. The van der Waals surface area contributed by atoms with Gasteiger partial charge in [0.2, 0.25) is 5.91 Å². The molecule has 2 rings (SSSR count). The first-order valence-electron chi connectivity index (χ1n) is 9.55. The Labute approximate surface area is 166 Å². The molecule has 0 aliphatic heterocycles. The average Bonchev–Trinajstić information content (AvgIpc) is 2.71. The van der Waals surface area contributed by atoms with E-state index in [1.165, 1.54) is 0 Å². The van der Waals surface area contributed by atoms with Crippen molar-refractivity contribution in [2.24, 2.45) is 11.8 Å². The van der Waals surface area contributed by atoms with Crippen LogP contribution in [0.1, 0.15) is 32.3 Å². The number of nitrogens with one attached hydrogen (secondary N) is 2. The molecule has 0 fully saturated rings. The molecule has 2 N–H and O–H groups in total. The van der Waals surface area contributed by atoms with Crippen LogP contribution in [-0.4, -0.2) is 30.4 Å². The lowest BCUT2D eigenvalue weighted by molar-refractivity contribution is -0.126. The summed E-state index contributed by atoms with van der Waals surface area (Å²) < 4.78 is 5.25. The van der Waals surface area contributed by atoms with Gasteiger partial charge in [0.15, 0.2) is 0 Å². The number of aldehydes is 1. The molecule has 0 heterocycles. The molecular weight excluding hydrogens is 356 g/mol. The van der Waals surface area contributed by atoms with Crippen molar-refractivity contribution in [3.63, 3.8) is 0 Å². The Morgan fingerprint density at radius 1 is 1.18 bits per heavy atom. The van der Waals surface area contributed by atoms with Crippen LogP contribution in [0.3, 0.4) is 0 Å². The van der Waals surface area contributed by atoms with Crippen molar-refractivity contribution in [3.05, 3.63) is 60.2 Å². The molecule has 0 aromatic heterocycles. The number of hydrogen-bond acceptors (Lipinski definition) is 4. The van der Waals surface area contributed by atoms with Crippen molar-refractivity contribution in [2.45, 2.75) is 45.4 Å². The summed E-state index contributed by atoms with van der Waals surface area (Å²) in [6, 6.07) is 7.93. The van der Waals surface area contributed by atoms with Gasteiger partial charge >= 0.3 is 6.09 Å². The number of rotatable bonds is 9. The van der Waals surface area contributed by atoms with Crippen molar-refractivity contribution >= 4 is 18.3 Å². The molecule has 0 spiro atoms. The average molecular weight is 384 g/mol. The van der Waals surface area contributed by atoms with Crippen LogP contribution < -0.4 is 10.6 Å². The summed E-state index contributed by atoms with van der Waals surface area (Å²) in [6.45, 7) is 3.82. The third-order valence-electron chi connectivity index (χ3n) is 4.60. The van der Waals surface area contributed by atoms with Crippen LogP contribution in [0.15, 0.2) is 54.6 Å². The Balaban J connectivity index is 1.98. The fourth-order valence-electron chi connectivity index (χ4n) is 2.87. The fraction of sp³-hybridized carbons (Fsp3) is 0.409. The normalized spacial score (nSPS) is 17.6. The third-order valence-corrected chi connectivity index (χ3v) is 4.60. The van der Waals surface area contributed by atoms with E-state index in [2.05, 4.69) is 10.6 Å². The number of carbonyl (C=O) groups is 3. The first-order valence-corrected chi connectivity index (χ1v) is 9.55. The quantitative estimate of drug-likeness (QED) is 0.641. The zero-order valence-electron chi connectivity index (χ0n) is 16.3. The molecule has 0 bridgehead atoms. The second-order valence-corrected chi connectivity index (χ2v) is 7.22. The van der Waals surface area contributed by atoms with Crippen molar-refractivity contribution in [1.29, 1.82) is 0 Å². The molecule has 1 aliphatic rings. The van der Waals surface area contributed by atoms with Crippen LogP contribution in [0, 0.1) is 11.8 Å². The molecule has 6 nitrogen and oxygen atoms in total. The van der Waals surface area contributed by atoms with Crippen molar-refractivity contribution in [1.82, 2.24) is 10.6 Å². The van der Waals surface area contributed by atoms with Crippen LogP contribution >= 0.6 is 0 Å². The van der Waals surface area contributed by atoms with Crippen LogP contribution in [0.25, 0.3) is 0 Å². The predicted molar refractivity (Wildman–Crippen MR) is 107 cm³/mol. The summed E-state index contributed by atoms with van der Waals surface area (Å²) in [6.07, 6.45) is 9.20. The lowest BCUT2D eigenvalue weighted by Gasteiger charge is -2.25. The zero-order chi connectivity index (χ0) is 20.4. The fourth-order valence-corrected chi connectivity index (χ4v) is 2.87.